The number of anilines is 1. The van der Waals surface area contributed by atoms with Crippen LogP contribution < -0.4 is 15.4 Å². The average molecular weight is 292 g/mol. The molecule has 2 N–H and O–H groups in total. The summed E-state index contributed by atoms with van der Waals surface area (Å²) in [6.45, 7) is 12.5. The van der Waals surface area contributed by atoms with Gasteiger partial charge in [0.05, 0.1) is 6.10 Å². The van der Waals surface area contributed by atoms with Gasteiger partial charge < -0.3 is 15.4 Å². The number of rotatable bonds is 5. The van der Waals surface area contributed by atoms with E-state index in [9.17, 15) is 0 Å². The fourth-order valence-corrected chi connectivity index (χ4v) is 2.73. The number of hydrogen-bond donors (Lipinski definition) is 2. The Balaban J connectivity index is 2.00. The lowest BCUT2D eigenvalue weighted by molar-refractivity contribution is 0.188. The molecule has 1 aromatic rings. The highest BCUT2D eigenvalue weighted by atomic mass is 16.5. The minimum absolute atomic E-state index is 0.117. The molecule has 118 valence electrons. The Hall–Kier alpha value is -1.36. The van der Waals surface area contributed by atoms with Crippen LogP contribution in [0.5, 0.6) is 5.88 Å². The predicted octanol–water partition coefficient (Wildman–Crippen LogP) is 2.76. The zero-order chi connectivity index (χ0) is 15.5. The minimum atomic E-state index is 0.117. The molecule has 5 nitrogen and oxygen atoms in total. The van der Waals surface area contributed by atoms with Gasteiger partial charge in [-0.3, -0.25) is 0 Å². The molecule has 5 heteroatoms. The van der Waals surface area contributed by atoms with Crippen LogP contribution in [-0.2, 0) is 0 Å². The van der Waals surface area contributed by atoms with Gasteiger partial charge >= 0.3 is 0 Å². The van der Waals surface area contributed by atoms with Crippen molar-refractivity contribution in [2.24, 2.45) is 5.41 Å². The topological polar surface area (TPSA) is 59.1 Å². The van der Waals surface area contributed by atoms with Gasteiger partial charge in [-0.15, -0.1) is 0 Å². The number of ether oxygens (including phenoxy) is 1. The van der Waals surface area contributed by atoms with Gasteiger partial charge in [0.1, 0.15) is 0 Å². The van der Waals surface area contributed by atoms with Crippen molar-refractivity contribution in [3.05, 3.63) is 11.8 Å². The Morgan fingerprint density at radius 2 is 2.19 bits per heavy atom. The van der Waals surface area contributed by atoms with Crippen molar-refractivity contribution in [3.63, 3.8) is 0 Å². The van der Waals surface area contributed by atoms with Crippen molar-refractivity contribution in [2.75, 3.05) is 18.4 Å². The molecule has 0 amide bonds. The molecule has 1 saturated heterocycles. The van der Waals surface area contributed by atoms with Gasteiger partial charge in [-0.2, -0.15) is 4.98 Å². The van der Waals surface area contributed by atoms with Crippen LogP contribution in [0.25, 0.3) is 0 Å². The molecule has 21 heavy (non-hydrogen) atoms. The zero-order valence-electron chi connectivity index (χ0n) is 13.9. The third kappa shape index (κ3) is 4.56. The summed E-state index contributed by atoms with van der Waals surface area (Å²) in [5, 5.41) is 6.95. The third-order valence-corrected chi connectivity index (χ3v) is 3.98. The molecular weight excluding hydrogens is 264 g/mol. The van der Waals surface area contributed by atoms with Crippen LogP contribution in [0.1, 0.15) is 46.2 Å². The molecular formula is C16H28N4O. The SMILES string of the molecule is Cc1cc(OC(C)C)nc(NCC2NCCCC2(C)C)n1. The highest BCUT2D eigenvalue weighted by Crippen LogP contribution is 2.30. The van der Waals surface area contributed by atoms with Crippen LogP contribution >= 0.6 is 0 Å². The second-order valence-corrected chi connectivity index (χ2v) is 6.82. The number of aryl methyl sites for hydroxylation is 1. The quantitative estimate of drug-likeness (QED) is 0.874. The van der Waals surface area contributed by atoms with Gasteiger partial charge in [0.25, 0.3) is 0 Å². The molecule has 0 saturated carbocycles. The van der Waals surface area contributed by atoms with Gasteiger partial charge in [-0.1, -0.05) is 13.8 Å². The summed E-state index contributed by atoms with van der Waals surface area (Å²) in [4.78, 5) is 8.88. The standard InChI is InChI=1S/C16H28N4O/c1-11(2)21-14-9-12(3)19-15(20-14)18-10-13-16(4,5)7-6-8-17-13/h9,11,13,17H,6-8,10H2,1-5H3,(H,18,19,20). The van der Waals surface area contributed by atoms with Crippen molar-refractivity contribution in [1.29, 1.82) is 0 Å². The van der Waals surface area contributed by atoms with Crippen molar-refractivity contribution in [3.8, 4) is 5.88 Å². The predicted molar refractivity (Wildman–Crippen MR) is 85.8 cm³/mol. The van der Waals surface area contributed by atoms with E-state index >= 15 is 0 Å². The van der Waals surface area contributed by atoms with Crippen LogP contribution in [-0.4, -0.2) is 35.2 Å². The summed E-state index contributed by atoms with van der Waals surface area (Å²) in [6.07, 6.45) is 2.62. The Bertz CT molecular complexity index is 473. The summed E-state index contributed by atoms with van der Waals surface area (Å²) < 4.78 is 5.66. The second-order valence-electron chi connectivity index (χ2n) is 6.82. The summed E-state index contributed by atoms with van der Waals surface area (Å²) in [6, 6.07) is 2.30. The molecule has 1 aliphatic heterocycles. The Kier molecular flexibility index (Phi) is 5.04. The van der Waals surface area contributed by atoms with Gasteiger partial charge in [0.2, 0.25) is 11.8 Å². The molecule has 1 aliphatic rings. The maximum atomic E-state index is 5.66. The molecule has 0 aromatic carbocycles. The highest BCUT2D eigenvalue weighted by Gasteiger charge is 2.31. The molecule has 2 heterocycles. The maximum Gasteiger partial charge on any atom is 0.226 e. The van der Waals surface area contributed by atoms with E-state index in [4.69, 9.17) is 4.74 Å². The summed E-state index contributed by atoms with van der Waals surface area (Å²) in [7, 11) is 0. The summed E-state index contributed by atoms with van der Waals surface area (Å²) in [5.74, 6) is 1.28. The first-order valence-corrected chi connectivity index (χ1v) is 7.86. The van der Waals surface area contributed by atoms with Gasteiger partial charge in [-0.25, -0.2) is 4.98 Å². The van der Waals surface area contributed by atoms with Crippen molar-refractivity contribution >= 4 is 5.95 Å². The lowest BCUT2D eigenvalue weighted by Gasteiger charge is -2.39. The minimum Gasteiger partial charge on any atom is -0.475 e. The maximum absolute atomic E-state index is 5.66. The average Bonchev–Trinajstić information content (AvgIpc) is 2.35. The third-order valence-electron chi connectivity index (χ3n) is 3.98. The van der Waals surface area contributed by atoms with E-state index in [-0.39, 0.29) is 6.10 Å². The summed E-state index contributed by atoms with van der Waals surface area (Å²) in [5.41, 5.74) is 1.21. The fraction of sp³-hybridized carbons (Fsp3) is 0.750. The largest absolute Gasteiger partial charge is 0.475 e. The number of nitrogens with zero attached hydrogens (tertiary/aromatic N) is 2. The Labute approximate surface area is 127 Å². The van der Waals surface area contributed by atoms with Crippen LogP contribution in [0.15, 0.2) is 6.07 Å². The number of aromatic nitrogens is 2. The molecule has 1 aromatic heterocycles. The van der Waals surface area contributed by atoms with E-state index in [0.29, 0.717) is 23.3 Å². The monoisotopic (exact) mass is 292 g/mol. The van der Waals surface area contributed by atoms with E-state index in [2.05, 4.69) is 34.4 Å². The number of piperidine rings is 1. The van der Waals surface area contributed by atoms with Crippen molar-refractivity contribution in [1.82, 2.24) is 15.3 Å². The van der Waals surface area contributed by atoms with E-state index < -0.39 is 0 Å². The normalized spacial score (nSPS) is 21.3. The first kappa shape index (κ1) is 16.0. The van der Waals surface area contributed by atoms with Crippen LogP contribution in [0.4, 0.5) is 5.95 Å². The van der Waals surface area contributed by atoms with Gasteiger partial charge in [-0.05, 0) is 45.6 Å². The molecule has 0 bridgehead atoms. The van der Waals surface area contributed by atoms with Crippen LogP contribution in [0, 0.1) is 12.3 Å². The van der Waals surface area contributed by atoms with Crippen LogP contribution in [0.2, 0.25) is 0 Å². The Morgan fingerprint density at radius 1 is 1.43 bits per heavy atom. The highest BCUT2D eigenvalue weighted by molar-refractivity contribution is 5.31. The van der Waals surface area contributed by atoms with E-state index in [0.717, 1.165) is 18.8 Å². The lowest BCUT2D eigenvalue weighted by Crippen LogP contribution is -2.50. The zero-order valence-corrected chi connectivity index (χ0v) is 13.9. The van der Waals surface area contributed by atoms with Gasteiger partial charge in [0, 0.05) is 24.3 Å². The molecule has 1 fully saturated rings. The van der Waals surface area contributed by atoms with E-state index in [1.165, 1.54) is 12.8 Å². The molecule has 0 spiro atoms. The van der Waals surface area contributed by atoms with Crippen LogP contribution in [0.3, 0.4) is 0 Å². The van der Waals surface area contributed by atoms with Gasteiger partial charge in [0.15, 0.2) is 0 Å². The van der Waals surface area contributed by atoms with Crippen molar-refractivity contribution in [2.45, 2.75) is 59.6 Å². The Morgan fingerprint density at radius 3 is 2.86 bits per heavy atom. The first-order valence-electron chi connectivity index (χ1n) is 7.86. The molecule has 1 atom stereocenters. The molecule has 0 aliphatic carbocycles. The van der Waals surface area contributed by atoms with E-state index in [1.807, 2.05) is 26.8 Å². The lowest BCUT2D eigenvalue weighted by atomic mass is 9.77. The smallest absolute Gasteiger partial charge is 0.226 e. The summed E-state index contributed by atoms with van der Waals surface area (Å²) >= 11 is 0. The second kappa shape index (κ2) is 6.60. The fourth-order valence-electron chi connectivity index (χ4n) is 2.73. The number of nitrogens with one attached hydrogen (secondary N) is 2. The number of hydrogen-bond acceptors (Lipinski definition) is 5. The molecule has 2 rings (SSSR count). The van der Waals surface area contributed by atoms with Crippen molar-refractivity contribution < 1.29 is 4.74 Å². The first-order chi connectivity index (χ1) is 9.87. The van der Waals surface area contributed by atoms with E-state index in [1.54, 1.807) is 0 Å². The molecule has 0 radical (unpaired) electrons. The molecule has 1 unspecified atom stereocenters.